The van der Waals surface area contributed by atoms with Crippen molar-refractivity contribution in [2.75, 3.05) is 31.1 Å². The van der Waals surface area contributed by atoms with E-state index in [9.17, 15) is 5.11 Å². The highest BCUT2D eigenvalue weighted by Gasteiger charge is 2.25. The lowest BCUT2D eigenvalue weighted by atomic mass is 10.1. The standard InChI is InChI=1S/C19H27N3O/c1-4-16-11-19(17-7-5-6-8-18(17)20-16)22-10-9-21(13-15(3)23)14(2)12-22/h5-8,11,14-15,23H,4,9-10,12-13H2,1-3H3. The first-order chi connectivity index (χ1) is 11.1. The Bertz CT molecular complexity index is 671. The van der Waals surface area contributed by atoms with E-state index < -0.39 is 0 Å². The fourth-order valence-corrected chi connectivity index (χ4v) is 3.48. The van der Waals surface area contributed by atoms with Gasteiger partial charge in [0.1, 0.15) is 0 Å². The van der Waals surface area contributed by atoms with E-state index in [0.29, 0.717) is 6.04 Å². The third-order valence-corrected chi connectivity index (χ3v) is 4.71. The summed E-state index contributed by atoms with van der Waals surface area (Å²) >= 11 is 0. The van der Waals surface area contributed by atoms with Gasteiger partial charge in [-0.3, -0.25) is 9.88 Å². The molecule has 23 heavy (non-hydrogen) atoms. The van der Waals surface area contributed by atoms with Gasteiger partial charge in [-0.15, -0.1) is 0 Å². The first-order valence-corrected chi connectivity index (χ1v) is 8.64. The number of piperazine rings is 1. The number of hydrogen-bond donors (Lipinski definition) is 1. The third-order valence-electron chi connectivity index (χ3n) is 4.71. The Kier molecular flexibility index (Phi) is 4.83. The van der Waals surface area contributed by atoms with Crippen molar-refractivity contribution in [1.82, 2.24) is 9.88 Å². The van der Waals surface area contributed by atoms with Crippen LogP contribution in [0.1, 0.15) is 26.5 Å². The zero-order valence-electron chi connectivity index (χ0n) is 14.4. The lowest BCUT2D eigenvalue weighted by molar-refractivity contribution is 0.0960. The number of aliphatic hydroxyl groups is 1. The summed E-state index contributed by atoms with van der Waals surface area (Å²) in [7, 11) is 0. The minimum absolute atomic E-state index is 0.266. The molecule has 1 fully saturated rings. The topological polar surface area (TPSA) is 39.6 Å². The lowest BCUT2D eigenvalue weighted by Crippen LogP contribution is -2.53. The van der Waals surface area contributed by atoms with Gasteiger partial charge in [-0.25, -0.2) is 0 Å². The molecule has 0 radical (unpaired) electrons. The Morgan fingerprint density at radius 3 is 2.78 bits per heavy atom. The fraction of sp³-hybridized carbons (Fsp3) is 0.526. The van der Waals surface area contributed by atoms with Crippen molar-refractivity contribution in [2.24, 2.45) is 0 Å². The van der Waals surface area contributed by atoms with Gasteiger partial charge in [0.2, 0.25) is 0 Å². The Morgan fingerprint density at radius 1 is 1.30 bits per heavy atom. The van der Waals surface area contributed by atoms with Crippen LogP contribution >= 0.6 is 0 Å². The van der Waals surface area contributed by atoms with Gasteiger partial charge in [-0.05, 0) is 32.4 Å². The Morgan fingerprint density at radius 2 is 2.09 bits per heavy atom. The Labute approximate surface area is 138 Å². The van der Waals surface area contributed by atoms with Gasteiger partial charge in [0.05, 0.1) is 11.6 Å². The molecule has 0 bridgehead atoms. The SMILES string of the molecule is CCc1cc(N2CCN(CC(C)O)C(C)C2)c2ccccc2n1. The predicted octanol–water partition coefficient (Wildman–Crippen LogP) is 2.69. The van der Waals surface area contributed by atoms with E-state index in [0.717, 1.165) is 43.8 Å². The number of anilines is 1. The van der Waals surface area contributed by atoms with Crippen LogP contribution in [0.15, 0.2) is 30.3 Å². The molecule has 124 valence electrons. The minimum Gasteiger partial charge on any atom is -0.392 e. The Balaban J connectivity index is 1.89. The molecule has 0 spiro atoms. The van der Waals surface area contributed by atoms with Crippen LogP contribution in [0, 0.1) is 0 Å². The second kappa shape index (κ2) is 6.85. The molecule has 1 aromatic heterocycles. The summed E-state index contributed by atoms with van der Waals surface area (Å²) in [5.41, 5.74) is 3.54. The van der Waals surface area contributed by atoms with Crippen molar-refractivity contribution >= 4 is 16.6 Å². The van der Waals surface area contributed by atoms with E-state index >= 15 is 0 Å². The number of nitrogens with zero attached hydrogens (tertiary/aromatic N) is 3. The van der Waals surface area contributed by atoms with E-state index in [-0.39, 0.29) is 6.10 Å². The molecule has 2 heterocycles. The van der Waals surface area contributed by atoms with Gasteiger partial charge >= 0.3 is 0 Å². The zero-order chi connectivity index (χ0) is 16.4. The second-order valence-corrected chi connectivity index (χ2v) is 6.64. The maximum atomic E-state index is 9.65. The van der Waals surface area contributed by atoms with Crippen LogP contribution in [0.4, 0.5) is 5.69 Å². The van der Waals surface area contributed by atoms with Crippen molar-refractivity contribution in [3.05, 3.63) is 36.0 Å². The van der Waals surface area contributed by atoms with E-state index in [2.05, 4.69) is 54.0 Å². The van der Waals surface area contributed by atoms with E-state index in [4.69, 9.17) is 4.98 Å². The van der Waals surface area contributed by atoms with Crippen LogP contribution in [0.5, 0.6) is 0 Å². The van der Waals surface area contributed by atoms with Crippen LogP contribution in [0.25, 0.3) is 10.9 Å². The van der Waals surface area contributed by atoms with Gasteiger partial charge in [-0.1, -0.05) is 25.1 Å². The summed E-state index contributed by atoms with van der Waals surface area (Å²) in [5.74, 6) is 0. The number of aliphatic hydroxyl groups excluding tert-OH is 1. The number of aromatic nitrogens is 1. The normalized spacial score (nSPS) is 20.9. The number of β-amino-alcohol motifs (C(OH)–C–C–N with tert-alkyl or cyclic N) is 1. The van der Waals surface area contributed by atoms with Crippen molar-refractivity contribution in [2.45, 2.75) is 39.3 Å². The van der Waals surface area contributed by atoms with Crippen LogP contribution in [0.2, 0.25) is 0 Å². The van der Waals surface area contributed by atoms with E-state index in [1.54, 1.807) is 0 Å². The van der Waals surface area contributed by atoms with Crippen LogP contribution in [-0.2, 0) is 6.42 Å². The van der Waals surface area contributed by atoms with E-state index in [1.807, 2.05) is 6.92 Å². The number of benzene rings is 1. The Hall–Kier alpha value is -1.65. The summed E-state index contributed by atoms with van der Waals surface area (Å²) in [5, 5.41) is 10.9. The number of aryl methyl sites for hydroxylation is 1. The summed E-state index contributed by atoms with van der Waals surface area (Å²) in [6, 6.07) is 11.1. The highest BCUT2D eigenvalue weighted by molar-refractivity contribution is 5.92. The molecule has 4 heteroatoms. The number of rotatable bonds is 4. The third kappa shape index (κ3) is 3.48. The van der Waals surface area contributed by atoms with Gasteiger partial charge in [0.25, 0.3) is 0 Å². The van der Waals surface area contributed by atoms with Crippen molar-refractivity contribution in [1.29, 1.82) is 0 Å². The monoisotopic (exact) mass is 313 g/mol. The predicted molar refractivity (Wildman–Crippen MR) is 96.0 cm³/mol. The van der Waals surface area contributed by atoms with Crippen molar-refractivity contribution < 1.29 is 5.11 Å². The molecule has 1 N–H and O–H groups in total. The summed E-state index contributed by atoms with van der Waals surface area (Å²) in [6.45, 7) is 10.0. The molecule has 0 saturated carbocycles. The maximum absolute atomic E-state index is 9.65. The number of pyridine rings is 1. The smallest absolute Gasteiger partial charge is 0.0726 e. The molecule has 4 nitrogen and oxygen atoms in total. The molecule has 1 aliphatic heterocycles. The molecule has 1 aromatic carbocycles. The van der Waals surface area contributed by atoms with Crippen LogP contribution in [0.3, 0.4) is 0 Å². The molecule has 2 unspecified atom stereocenters. The summed E-state index contributed by atoms with van der Waals surface area (Å²) in [6.07, 6.45) is 0.687. The summed E-state index contributed by atoms with van der Waals surface area (Å²) in [4.78, 5) is 9.61. The van der Waals surface area contributed by atoms with Crippen LogP contribution < -0.4 is 4.90 Å². The average Bonchev–Trinajstić information content (AvgIpc) is 2.55. The van der Waals surface area contributed by atoms with Gasteiger partial charge in [-0.2, -0.15) is 0 Å². The average molecular weight is 313 g/mol. The van der Waals surface area contributed by atoms with Gasteiger partial charge in [0, 0.05) is 49.0 Å². The molecular weight excluding hydrogens is 286 g/mol. The quantitative estimate of drug-likeness (QED) is 0.942. The number of hydrogen-bond acceptors (Lipinski definition) is 4. The lowest BCUT2D eigenvalue weighted by Gasteiger charge is -2.41. The molecule has 3 rings (SSSR count). The largest absolute Gasteiger partial charge is 0.392 e. The van der Waals surface area contributed by atoms with Gasteiger partial charge < -0.3 is 10.0 Å². The molecular formula is C19H27N3O. The molecule has 0 amide bonds. The number of para-hydroxylation sites is 1. The van der Waals surface area contributed by atoms with Gasteiger partial charge in [0.15, 0.2) is 0 Å². The van der Waals surface area contributed by atoms with Crippen LogP contribution in [-0.4, -0.2) is 53.3 Å². The molecule has 2 atom stereocenters. The highest BCUT2D eigenvalue weighted by atomic mass is 16.3. The number of fused-ring (bicyclic) bond motifs is 1. The maximum Gasteiger partial charge on any atom is 0.0726 e. The zero-order valence-corrected chi connectivity index (χ0v) is 14.4. The van der Waals surface area contributed by atoms with E-state index in [1.165, 1.54) is 11.1 Å². The minimum atomic E-state index is -0.266. The van der Waals surface area contributed by atoms with Crippen molar-refractivity contribution in [3.63, 3.8) is 0 Å². The molecule has 1 saturated heterocycles. The summed E-state index contributed by atoms with van der Waals surface area (Å²) < 4.78 is 0. The fourth-order valence-electron chi connectivity index (χ4n) is 3.48. The second-order valence-electron chi connectivity index (χ2n) is 6.64. The molecule has 1 aliphatic rings. The molecule has 2 aromatic rings. The first-order valence-electron chi connectivity index (χ1n) is 8.64. The molecule has 0 aliphatic carbocycles. The van der Waals surface area contributed by atoms with Crippen molar-refractivity contribution in [3.8, 4) is 0 Å². The first kappa shape index (κ1) is 16.2. The highest BCUT2D eigenvalue weighted by Crippen LogP contribution is 2.29.